The number of benzene rings is 1. The lowest BCUT2D eigenvalue weighted by atomic mass is 9.76. The highest BCUT2D eigenvalue weighted by molar-refractivity contribution is 6.31. The Balaban J connectivity index is 1.99. The lowest BCUT2D eigenvalue weighted by Gasteiger charge is -2.35. The zero-order valence-electron chi connectivity index (χ0n) is 11.0. The number of fused-ring (bicyclic) bond motifs is 1. The molecule has 0 saturated heterocycles. The van der Waals surface area contributed by atoms with Crippen LogP contribution in [0.5, 0.6) is 0 Å². The fourth-order valence-corrected chi connectivity index (χ4v) is 3.91. The fraction of sp³-hybridized carbons (Fsp3) is 0.625. The van der Waals surface area contributed by atoms with E-state index in [1.54, 1.807) is 0 Å². The van der Waals surface area contributed by atoms with Crippen molar-refractivity contribution < 1.29 is 0 Å². The van der Waals surface area contributed by atoms with Gasteiger partial charge in [0.25, 0.3) is 0 Å². The van der Waals surface area contributed by atoms with Crippen LogP contribution in [0, 0.1) is 0 Å². The normalized spacial score (nSPS) is 22.6. The molecule has 2 aliphatic carbocycles. The molecule has 2 heteroatoms. The van der Waals surface area contributed by atoms with Gasteiger partial charge in [-0.05, 0) is 61.3 Å². The van der Waals surface area contributed by atoms with Crippen molar-refractivity contribution in [1.29, 1.82) is 0 Å². The van der Waals surface area contributed by atoms with Gasteiger partial charge in [-0.15, -0.1) is 0 Å². The Morgan fingerprint density at radius 1 is 0.944 bits per heavy atom. The summed E-state index contributed by atoms with van der Waals surface area (Å²) in [4.78, 5) is 0. The molecular weight excluding hydrogens is 242 g/mol. The zero-order valence-corrected chi connectivity index (χ0v) is 11.7. The molecule has 0 unspecified atom stereocenters. The van der Waals surface area contributed by atoms with E-state index in [-0.39, 0.29) is 5.54 Å². The highest BCUT2D eigenvalue weighted by atomic mass is 35.5. The molecule has 2 aliphatic rings. The van der Waals surface area contributed by atoms with Gasteiger partial charge in [0.05, 0.1) is 0 Å². The van der Waals surface area contributed by atoms with E-state index in [0.717, 1.165) is 24.3 Å². The monoisotopic (exact) mass is 263 g/mol. The molecule has 1 nitrogen and oxygen atoms in total. The van der Waals surface area contributed by atoms with Gasteiger partial charge in [0.2, 0.25) is 0 Å². The molecule has 0 aliphatic heterocycles. The Morgan fingerprint density at radius 3 is 2.44 bits per heavy atom. The summed E-state index contributed by atoms with van der Waals surface area (Å²) in [7, 11) is 0. The van der Waals surface area contributed by atoms with Gasteiger partial charge >= 0.3 is 0 Å². The molecule has 18 heavy (non-hydrogen) atoms. The lowest BCUT2D eigenvalue weighted by molar-refractivity contribution is 0.302. The molecule has 0 radical (unpaired) electrons. The second-order valence-electron chi connectivity index (χ2n) is 6.02. The van der Waals surface area contributed by atoms with E-state index in [2.05, 4.69) is 12.1 Å². The second kappa shape index (κ2) is 4.86. The number of nitrogens with two attached hydrogens (primary N) is 1. The van der Waals surface area contributed by atoms with Gasteiger partial charge in [-0.25, -0.2) is 0 Å². The molecule has 1 saturated carbocycles. The van der Waals surface area contributed by atoms with E-state index >= 15 is 0 Å². The van der Waals surface area contributed by atoms with Crippen molar-refractivity contribution in [2.75, 3.05) is 0 Å². The van der Waals surface area contributed by atoms with E-state index in [1.165, 1.54) is 55.2 Å². The smallest absolute Gasteiger partial charge is 0.0444 e. The molecule has 0 heterocycles. The lowest BCUT2D eigenvalue weighted by Crippen LogP contribution is -2.38. The van der Waals surface area contributed by atoms with Gasteiger partial charge in [0, 0.05) is 10.6 Å². The first-order valence-corrected chi connectivity index (χ1v) is 7.67. The summed E-state index contributed by atoms with van der Waals surface area (Å²) < 4.78 is 0. The fourth-order valence-electron chi connectivity index (χ4n) is 3.57. The number of halogens is 1. The number of hydrogen-bond donors (Lipinski definition) is 1. The summed E-state index contributed by atoms with van der Waals surface area (Å²) in [6.07, 6.45) is 11.0. The van der Waals surface area contributed by atoms with Crippen LogP contribution in [0.15, 0.2) is 12.1 Å². The van der Waals surface area contributed by atoms with Crippen LogP contribution in [0.3, 0.4) is 0 Å². The van der Waals surface area contributed by atoms with E-state index in [0.29, 0.717) is 0 Å². The zero-order chi connectivity index (χ0) is 12.6. The van der Waals surface area contributed by atoms with Crippen LogP contribution in [0.1, 0.15) is 61.6 Å². The molecule has 1 fully saturated rings. The quantitative estimate of drug-likeness (QED) is 0.802. The Hall–Kier alpha value is -0.530. The average molecular weight is 264 g/mol. The Morgan fingerprint density at radius 2 is 1.67 bits per heavy atom. The molecule has 1 aromatic carbocycles. The van der Waals surface area contributed by atoms with Crippen molar-refractivity contribution in [1.82, 2.24) is 0 Å². The number of aryl methyl sites for hydroxylation is 1. The first kappa shape index (κ1) is 12.5. The van der Waals surface area contributed by atoms with Crippen LogP contribution in [-0.4, -0.2) is 0 Å². The number of rotatable bonds is 1. The minimum Gasteiger partial charge on any atom is -0.321 e. The first-order chi connectivity index (χ1) is 8.69. The van der Waals surface area contributed by atoms with E-state index < -0.39 is 0 Å². The summed E-state index contributed by atoms with van der Waals surface area (Å²) in [6.45, 7) is 0. The van der Waals surface area contributed by atoms with Gasteiger partial charge in [-0.3, -0.25) is 0 Å². The van der Waals surface area contributed by atoms with Crippen molar-refractivity contribution in [2.45, 2.75) is 63.3 Å². The largest absolute Gasteiger partial charge is 0.321 e. The summed E-state index contributed by atoms with van der Waals surface area (Å²) in [5, 5.41) is 0.956. The third-order valence-corrected chi connectivity index (χ3v) is 5.07. The molecule has 1 aromatic rings. The molecule has 0 atom stereocenters. The predicted molar refractivity (Wildman–Crippen MR) is 77.0 cm³/mol. The predicted octanol–water partition coefficient (Wildman–Crippen LogP) is 4.34. The molecule has 0 amide bonds. The maximum Gasteiger partial charge on any atom is 0.0444 e. The van der Waals surface area contributed by atoms with Crippen LogP contribution in [0.2, 0.25) is 5.02 Å². The minimum absolute atomic E-state index is 0.117. The van der Waals surface area contributed by atoms with Crippen molar-refractivity contribution in [3.63, 3.8) is 0 Å². The van der Waals surface area contributed by atoms with Crippen molar-refractivity contribution in [3.8, 4) is 0 Å². The standard InChI is InChI=1S/C16H22ClN/c17-15-11-13(16(18)8-4-1-5-9-16)10-12-6-2-3-7-14(12)15/h10-11H,1-9,18H2. The molecule has 0 spiro atoms. The molecule has 2 N–H and O–H groups in total. The van der Waals surface area contributed by atoms with Crippen LogP contribution in [0.4, 0.5) is 0 Å². The Kier molecular flexibility index (Phi) is 3.38. The van der Waals surface area contributed by atoms with Gasteiger partial charge in [0.15, 0.2) is 0 Å². The third-order valence-electron chi connectivity index (χ3n) is 4.73. The second-order valence-corrected chi connectivity index (χ2v) is 6.43. The van der Waals surface area contributed by atoms with Gasteiger partial charge in [0.1, 0.15) is 0 Å². The van der Waals surface area contributed by atoms with Crippen molar-refractivity contribution in [2.24, 2.45) is 5.73 Å². The molecular formula is C16H22ClN. The van der Waals surface area contributed by atoms with Crippen LogP contribution >= 0.6 is 11.6 Å². The number of hydrogen-bond acceptors (Lipinski definition) is 1. The maximum absolute atomic E-state index is 6.62. The summed E-state index contributed by atoms with van der Waals surface area (Å²) in [5.41, 5.74) is 10.6. The topological polar surface area (TPSA) is 26.0 Å². The van der Waals surface area contributed by atoms with E-state index in [9.17, 15) is 0 Å². The SMILES string of the molecule is NC1(c2cc(Cl)c3c(c2)CCCC3)CCCCC1. The molecule has 3 rings (SSSR count). The Bertz CT molecular complexity index is 447. The molecule has 98 valence electrons. The highest BCUT2D eigenvalue weighted by Crippen LogP contribution is 2.38. The minimum atomic E-state index is -0.117. The van der Waals surface area contributed by atoms with E-state index in [4.69, 9.17) is 17.3 Å². The summed E-state index contributed by atoms with van der Waals surface area (Å²) in [5.74, 6) is 0. The van der Waals surface area contributed by atoms with E-state index in [1.807, 2.05) is 0 Å². The van der Waals surface area contributed by atoms with Gasteiger partial charge in [-0.1, -0.05) is 36.9 Å². The van der Waals surface area contributed by atoms with Crippen LogP contribution < -0.4 is 5.73 Å². The van der Waals surface area contributed by atoms with Crippen molar-refractivity contribution >= 4 is 11.6 Å². The Labute approximate surface area is 115 Å². The summed E-state index contributed by atoms with van der Waals surface area (Å²) in [6, 6.07) is 4.50. The summed E-state index contributed by atoms with van der Waals surface area (Å²) >= 11 is 6.47. The first-order valence-electron chi connectivity index (χ1n) is 7.30. The average Bonchev–Trinajstić information content (AvgIpc) is 2.39. The third kappa shape index (κ3) is 2.19. The maximum atomic E-state index is 6.62. The molecule has 0 bridgehead atoms. The van der Waals surface area contributed by atoms with Crippen LogP contribution in [0.25, 0.3) is 0 Å². The van der Waals surface area contributed by atoms with Gasteiger partial charge in [-0.2, -0.15) is 0 Å². The highest BCUT2D eigenvalue weighted by Gasteiger charge is 2.30. The molecule has 0 aromatic heterocycles. The van der Waals surface area contributed by atoms with Crippen LogP contribution in [-0.2, 0) is 18.4 Å². The van der Waals surface area contributed by atoms with Gasteiger partial charge < -0.3 is 5.73 Å². The van der Waals surface area contributed by atoms with Crippen molar-refractivity contribution in [3.05, 3.63) is 33.8 Å².